The largest absolute Gasteiger partial charge is 0.469 e. The topological polar surface area (TPSA) is 120 Å². The molecule has 6 unspecified atom stereocenters. The number of unbranched alkanes of at least 4 members (excludes halogenated alkanes) is 4. The van der Waals surface area contributed by atoms with Gasteiger partial charge in [0, 0.05) is 19.3 Å². The Morgan fingerprint density at radius 3 is 2.15 bits per heavy atom. The van der Waals surface area contributed by atoms with E-state index in [1.807, 2.05) is 6.92 Å². The van der Waals surface area contributed by atoms with E-state index < -0.39 is 24.4 Å². The number of esters is 1. The normalized spacial score (nSPS) is 23.9. The molecule has 0 bridgehead atoms. The Labute approximate surface area is 156 Å². The molecule has 7 nitrogen and oxygen atoms in total. The zero-order valence-corrected chi connectivity index (χ0v) is 16.0. The maximum Gasteiger partial charge on any atom is 0.305 e. The van der Waals surface area contributed by atoms with Gasteiger partial charge in [-0.3, -0.25) is 4.79 Å². The molecule has 0 saturated carbocycles. The van der Waals surface area contributed by atoms with Crippen LogP contribution in [0.15, 0.2) is 0 Å². The second-order valence-corrected chi connectivity index (χ2v) is 7.24. The van der Waals surface area contributed by atoms with Crippen molar-refractivity contribution in [3.8, 4) is 0 Å². The van der Waals surface area contributed by atoms with E-state index in [2.05, 4.69) is 4.74 Å². The number of aliphatic hydroxyl groups excluding tert-OH is 4. The van der Waals surface area contributed by atoms with Gasteiger partial charge in [0.1, 0.15) is 0 Å². The molecule has 0 amide bonds. The monoisotopic (exact) mass is 376 g/mol. The average molecular weight is 376 g/mol. The minimum atomic E-state index is -1.07. The number of rotatable bonds is 15. The predicted molar refractivity (Wildman–Crippen MR) is 96.5 cm³/mol. The molecule has 7 heteroatoms. The first-order valence-electron chi connectivity index (χ1n) is 9.83. The van der Waals surface area contributed by atoms with E-state index in [-0.39, 0.29) is 24.6 Å². The fraction of sp³-hybridized carbons (Fsp3) is 0.947. The van der Waals surface area contributed by atoms with Crippen molar-refractivity contribution in [3.63, 3.8) is 0 Å². The standard InChI is InChI=1S/C19H36O7/c1-3-17-18(26-17)12-16(23)15(22)11-14(21)13(20)9-7-5-4-6-8-10-19(24)25-2/h13-18,20-23H,3-12H2,1-2H3. The quantitative estimate of drug-likeness (QED) is 0.193. The third kappa shape index (κ3) is 9.28. The number of methoxy groups -OCH3 is 1. The number of hydrogen-bond acceptors (Lipinski definition) is 7. The van der Waals surface area contributed by atoms with Crippen LogP contribution in [0.1, 0.15) is 71.1 Å². The summed E-state index contributed by atoms with van der Waals surface area (Å²) in [6.07, 6.45) is 2.61. The molecule has 154 valence electrons. The highest BCUT2D eigenvalue weighted by molar-refractivity contribution is 5.68. The Balaban J connectivity index is 2.06. The molecular formula is C19H36O7. The van der Waals surface area contributed by atoms with E-state index in [0.29, 0.717) is 19.3 Å². The summed E-state index contributed by atoms with van der Waals surface area (Å²) in [5, 5.41) is 40.0. The van der Waals surface area contributed by atoms with Gasteiger partial charge in [0.15, 0.2) is 0 Å². The molecule has 0 aliphatic carbocycles. The van der Waals surface area contributed by atoms with E-state index in [1.165, 1.54) is 7.11 Å². The summed E-state index contributed by atoms with van der Waals surface area (Å²) in [5.41, 5.74) is 0. The first-order valence-corrected chi connectivity index (χ1v) is 9.83. The maximum absolute atomic E-state index is 11.0. The summed E-state index contributed by atoms with van der Waals surface area (Å²) >= 11 is 0. The molecule has 1 saturated heterocycles. The van der Waals surface area contributed by atoms with Crippen molar-refractivity contribution < 1.29 is 34.7 Å². The molecule has 4 N–H and O–H groups in total. The van der Waals surface area contributed by atoms with Crippen molar-refractivity contribution in [1.82, 2.24) is 0 Å². The molecule has 0 aromatic carbocycles. The third-order valence-electron chi connectivity index (χ3n) is 5.04. The van der Waals surface area contributed by atoms with E-state index in [1.54, 1.807) is 0 Å². The summed E-state index contributed by atoms with van der Waals surface area (Å²) in [6.45, 7) is 2.01. The van der Waals surface area contributed by atoms with E-state index in [4.69, 9.17) is 4.74 Å². The highest BCUT2D eigenvalue weighted by atomic mass is 16.6. The summed E-state index contributed by atoms with van der Waals surface area (Å²) in [6, 6.07) is 0. The van der Waals surface area contributed by atoms with Crippen LogP contribution >= 0.6 is 0 Å². The highest BCUT2D eigenvalue weighted by Gasteiger charge is 2.39. The fourth-order valence-electron chi connectivity index (χ4n) is 3.15. The molecule has 0 aromatic heterocycles. The van der Waals surface area contributed by atoms with E-state index >= 15 is 0 Å². The Morgan fingerprint density at radius 2 is 1.54 bits per heavy atom. The van der Waals surface area contributed by atoms with Crippen molar-refractivity contribution in [1.29, 1.82) is 0 Å². The molecule has 6 atom stereocenters. The van der Waals surface area contributed by atoms with Gasteiger partial charge in [-0.15, -0.1) is 0 Å². The minimum absolute atomic E-state index is 0.00843. The van der Waals surface area contributed by atoms with Crippen LogP contribution in [-0.4, -0.2) is 70.1 Å². The van der Waals surface area contributed by atoms with Gasteiger partial charge >= 0.3 is 5.97 Å². The minimum Gasteiger partial charge on any atom is -0.469 e. The number of epoxide rings is 1. The van der Waals surface area contributed by atoms with Gasteiger partial charge in [0.05, 0.1) is 43.7 Å². The Hall–Kier alpha value is -0.730. The molecule has 26 heavy (non-hydrogen) atoms. The van der Waals surface area contributed by atoms with Crippen LogP contribution in [0.4, 0.5) is 0 Å². The zero-order chi connectivity index (χ0) is 19.5. The van der Waals surface area contributed by atoms with Gasteiger partial charge in [-0.05, 0) is 19.3 Å². The molecule has 0 radical (unpaired) electrons. The zero-order valence-electron chi connectivity index (χ0n) is 16.0. The second-order valence-electron chi connectivity index (χ2n) is 7.24. The van der Waals surface area contributed by atoms with Crippen molar-refractivity contribution >= 4 is 5.97 Å². The number of hydrogen-bond donors (Lipinski definition) is 4. The second kappa shape index (κ2) is 12.6. The molecule has 1 aliphatic rings. The number of carbonyl (C=O) groups is 1. The lowest BCUT2D eigenvalue weighted by atomic mass is 9.96. The number of carbonyl (C=O) groups excluding carboxylic acids is 1. The van der Waals surface area contributed by atoms with Gasteiger partial charge in [-0.25, -0.2) is 0 Å². The summed E-state index contributed by atoms with van der Waals surface area (Å²) in [7, 11) is 1.38. The summed E-state index contributed by atoms with van der Waals surface area (Å²) in [4.78, 5) is 11.0. The number of aliphatic hydroxyl groups is 4. The molecule has 0 aromatic rings. The maximum atomic E-state index is 11.0. The first kappa shape index (κ1) is 23.3. The first-order chi connectivity index (χ1) is 12.4. The van der Waals surface area contributed by atoms with Crippen LogP contribution in [0.2, 0.25) is 0 Å². The Morgan fingerprint density at radius 1 is 0.923 bits per heavy atom. The van der Waals surface area contributed by atoms with Gasteiger partial charge in [-0.2, -0.15) is 0 Å². The lowest BCUT2D eigenvalue weighted by molar-refractivity contribution is -0.140. The van der Waals surface area contributed by atoms with Crippen molar-refractivity contribution in [2.24, 2.45) is 0 Å². The molecule has 1 aliphatic heterocycles. The number of ether oxygens (including phenoxy) is 2. The SMILES string of the molecule is CCC1OC1CC(O)C(O)CC(O)C(O)CCCCCCCC(=O)OC. The van der Waals surface area contributed by atoms with E-state index in [0.717, 1.165) is 38.5 Å². The van der Waals surface area contributed by atoms with Gasteiger partial charge < -0.3 is 29.9 Å². The van der Waals surface area contributed by atoms with Crippen molar-refractivity contribution in [2.75, 3.05) is 7.11 Å². The summed E-state index contributed by atoms with van der Waals surface area (Å²) in [5.74, 6) is -0.192. The fourth-order valence-corrected chi connectivity index (χ4v) is 3.15. The molecule has 1 fully saturated rings. The van der Waals surface area contributed by atoms with Crippen LogP contribution < -0.4 is 0 Å². The van der Waals surface area contributed by atoms with Crippen LogP contribution in [-0.2, 0) is 14.3 Å². The van der Waals surface area contributed by atoms with Gasteiger partial charge in [-0.1, -0.05) is 32.6 Å². The molecule has 1 rings (SSSR count). The van der Waals surface area contributed by atoms with Gasteiger partial charge in [0.2, 0.25) is 0 Å². The predicted octanol–water partition coefficient (Wildman–Crippen LogP) is 1.29. The Bertz CT molecular complexity index is 390. The highest BCUT2D eigenvalue weighted by Crippen LogP contribution is 2.30. The molecule has 0 spiro atoms. The smallest absolute Gasteiger partial charge is 0.305 e. The summed E-state index contributed by atoms with van der Waals surface area (Å²) < 4.78 is 9.92. The average Bonchev–Trinajstić information content (AvgIpc) is 3.38. The lowest BCUT2D eigenvalue weighted by Crippen LogP contribution is -2.36. The molecule has 1 heterocycles. The van der Waals surface area contributed by atoms with Crippen molar-refractivity contribution in [3.05, 3.63) is 0 Å². The van der Waals surface area contributed by atoms with E-state index in [9.17, 15) is 25.2 Å². The van der Waals surface area contributed by atoms with Crippen LogP contribution in [0.5, 0.6) is 0 Å². The van der Waals surface area contributed by atoms with Gasteiger partial charge in [0.25, 0.3) is 0 Å². The van der Waals surface area contributed by atoms with Crippen LogP contribution in [0.25, 0.3) is 0 Å². The third-order valence-corrected chi connectivity index (χ3v) is 5.04. The van der Waals surface area contributed by atoms with Crippen molar-refractivity contribution in [2.45, 2.75) is 108 Å². The van der Waals surface area contributed by atoms with Crippen LogP contribution in [0.3, 0.4) is 0 Å². The lowest BCUT2D eigenvalue weighted by Gasteiger charge is -2.23. The molecular weight excluding hydrogens is 340 g/mol. The Kier molecular flexibility index (Phi) is 11.3. The van der Waals surface area contributed by atoms with Crippen LogP contribution in [0, 0.1) is 0 Å².